The third-order valence-electron chi connectivity index (χ3n) is 6.94. The number of benzene rings is 1. The minimum absolute atomic E-state index is 0.335. The van der Waals surface area contributed by atoms with Crippen LogP contribution in [0, 0.1) is 11.8 Å². The summed E-state index contributed by atoms with van der Waals surface area (Å²) < 4.78 is 0. The first-order chi connectivity index (χ1) is 14.1. The first kappa shape index (κ1) is 20.7. The minimum Gasteiger partial charge on any atom is -0.370 e. The van der Waals surface area contributed by atoms with Gasteiger partial charge < -0.3 is 9.80 Å². The Bertz CT molecular complexity index is 675. The summed E-state index contributed by atoms with van der Waals surface area (Å²) in [6, 6.07) is 8.88. The fourth-order valence-corrected chi connectivity index (χ4v) is 5.43. The number of carbonyl (C=O) groups is 1. The lowest BCUT2D eigenvalue weighted by atomic mass is 9.92. The van der Waals surface area contributed by atoms with Gasteiger partial charge in [-0.15, -0.1) is 0 Å². The summed E-state index contributed by atoms with van der Waals surface area (Å²) in [6.45, 7) is 14.6. The molecule has 160 valence electrons. The average molecular weight is 399 g/mol. The van der Waals surface area contributed by atoms with E-state index in [1.165, 1.54) is 37.1 Å². The van der Waals surface area contributed by atoms with E-state index >= 15 is 0 Å². The zero-order valence-electron chi connectivity index (χ0n) is 18.4. The summed E-state index contributed by atoms with van der Waals surface area (Å²) in [5.41, 5.74) is 2.94. The topological polar surface area (TPSA) is 30.0 Å². The van der Waals surface area contributed by atoms with E-state index in [1.54, 1.807) is 0 Å². The van der Waals surface area contributed by atoms with Crippen LogP contribution in [0.3, 0.4) is 0 Å². The molecule has 0 radical (unpaired) electrons. The zero-order chi connectivity index (χ0) is 20.2. The van der Waals surface area contributed by atoms with Gasteiger partial charge in [-0.05, 0) is 42.7 Å². The van der Waals surface area contributed by atoms with Crippen LogP contribution >= 0.6 is 0 Å². The minimum atomic E-state index is 0.335. The maximum Gasteiger partial charge on any atom is 0.236 e. The summed E-state index contributed by atoms with van der Waals surface area (Å²) in [4.78, 5) is 22.4. The van der Waals surface area contributed by atoms with Gasteiger partial charge in [-0.3, -0.25) is 14.6 Å². The normalized spacial score (nSPS) is 26.4. The van der Waals surface area contributed by atoms with Gasteiger partial charge in [-0.25, -0.2) is 0 Å². The van der Waals surface area contributed by atoms with Crippen LogP contribution in [0.25, 0.3) is 0 Å². The fourth-order valence-electron chi connectivity index (χ4n) is 5.43. The quantitative estimate of drug-likeness (QED) is 0.763. The Kier molecular flexibility index (Phi) is 6.76. The van der Waals surface area contributed by atoms with Gasteiger partial charge in [-0.2, -0.15) is 0 Å². The molecule has 0 bridgehead atoms. The molecule has 5 nitrogen and oxygen atoms in total. The molecule has 2 fully saturated rings. The van der Waals surface area contributed by atoms with Gasteiger partial charge in [0.1, 0.15) is 0 Å². The lowest BCUT2D eigenvalue weighted by Crippen LogP contribution is -2.52. The smallest absolute Gasteiger partial charge is 0.236 e. The lowest BCUT2D eigenvalue weighted by molar-refractivity contribution is -0.135. The predicted molar refractivity (Wildman–Crippen MR) is 119 cm³/mol. The first-order valence-corrected chi connectivity index (χ1v) is 11.6. The second-order valence-corrected chi connectivity index (χ2v) is 9.58. The van der Waals surface area contributed by atoms with Crippen molar-refractivity contribution in [1.29, 1.82) is 0 Å². The third-order valence-corrected chi connectivity index (χ3v) is 6.94. The Morgan fingerprint density at radius 1 is 0.931 bits per heavy atom. The molecule has 1 amide bonds. The van der Waals surface area contributed by atoms with Crippen LogP contribution in [-0.2, 0) is 11.2 Å². The molecule has 0 N–H and O–H groups in total. The number of fused-ring (bicyclic) bond motifs is 1. The highest BCUT2D eigenvalue weighted by molar-refractivity contribution is 5.78. The van der Waals surface area contributed by atoms with E-state index in [0.29, 0.717) is 24.3 Å². The second-order valence-electron chi connectivity index (χ2n) is 9.58. The van der Waals surface area contributed by atoms with Crippen molar-refractivity contribution in [1.82, 2.24) is 14.7 Å². The van der Waals surface area contributed by atoms with Gasteiger partial charge >= 0.3 is 0 Å². The summed E-state index contributed by atoms with van der Waals surface area (Å²) >= 11 is 0. The Hall–Kier alpha value is -1.59. The van der Waals surface area contributed by atoms with Crippen LogP contribution in [0.15, 0.2) is 24.3 Å². The van der Waals surface area contributed by atoms with Crippen LogP contribution in [0.2, 0.25) is 0 Å². The molecule has 4 rings (SSSR count). The highest BCUT2D eigenvalue weighted by atomic mass is 16.2. The average Bonchev–Trinajstić information content (AvgIpc) is 2.72. The highest BCUT2D eigenvalue weighted by Crippen LogP contribution is 2.26. The van der Waals surface area contributed by atoms with Crippen molar-refractivity contribution in [2.45, 2.75) is 33.1 Å². The van der Waals surface area contributed by atoms with Gasteiger partial charge in [0.05, 0.1) is 6.54 Å². The van der Waals surface area contributed by atoms with Crippen molar-refractivity contribution in [3.05, 3.63) is 29.8 Å². The van der Waals surface area contributed by atoms with E-state index in [4.69, 9.17) is 0 Å². The Balaban J connectivity index is 1.20. The molecule has 3 heterocycles. The molecule has 1 aromatic rings. The number of nitrogens with zero attached hydrogens (tertiary/aromatic N) is 4. The SMILES string of the molecule is C[C@H]1C[C@H](C)CN(C(=O)CN2CCN(CCN3CCCc4ccccc43)CC2)C1. The summed E-state index contributed by atoms with van der Waals surface area (Å²) in [5.74, 6) is 1.61. The van der Waals surface area contributed by atoms with Crippen LogP contribution in [0.4, 0.5) is 5.69 Å². The van der Waals surface area contributed by atoms with Crippen LogP contribution < -0.4 is 4.90 Å². The number of aryl methyl sites for hydroxylation is 1. The van der Waals surface area contributed by atoms with Crippen molar-refractivity contribution >= 4 is 11.6 Å². The van der Waals surface area contributed by atoms with Crippen molar-refractivity contribution in [2.24, 2.45) is 11.8 Å². The van der Waals surface area contributed by atoms with Gasteiger partial charge in [-0.1, -0.05) is 32.0 Å². The van der Waals surface area contributed by atoms with Crippen molar-refractivity contribution < 1.29 is 4.79 Å². The number of anilines is 1. The molecule has 0 unspecified atom stereocenters. The maximum absolute atomic E-state index is 12.8. The van der Waals surface area contributed by atoms with Crippen LogP contribution in [0.5, 0.6) is 0 Å². The standard InChI is InChI=1S/C24H38N4O/c1-20-16-21(2)18-28(17-20)24(29)19-26-12-10-25(11-13-26)14-15-27-9-5-7-22-6-3-4-8-23(22)27/h3-4,6,8,20-21H,5,7,9-19H2,1-2H3/t20-,21-/m0/s1. The zero-order valence-corrected chi connectivity index (χ0v) is 18.4. The number of piperidine rings is 1. The molecular weight excluding hydrogens is 360 g/mol. The van der Waals surface area contributed by atoms with E-state index < -0.39 is 0 Å². The second kappa shape index (κ2) is 9.48. The number of hydrogen-bond donors (Lipinski definition) is 0. The number of piperazine rings is 1. The summed E-state index contributed by atoms with van der Waals surface area (Å²) in [7, 11) is 0. The monoisotopic (exact) mass is 398 g/mol. The van der Waals surface area contributed by atoms with Crippen molar-refractivity contribution in [3.8, 4) is 0 Å². The predicted octanol–water partition coefficient (Wildman–Crippen LogP) is 2.56. The van der Waals surface area contributed by atoms with Gasteiger partial charge in [0, 0.05) is 64.6 Å². The Morgan fingerprint density at radius 2 is 1.62 bits per heavy atom. The van der Waals surface area contributed by atoms with Crippen LogP contribution in [0.1, 0.15) is 32.3 Å². The van der Waals surface area contributed by atoms with Gasteiger partial charge in [0.15, 0.2) is 0 Å². The third kappa shape index (κ3) is 5.32. The fraction of sp³-hybridized carbons (Fsp3) is 0.708. The Labute approximate surface area is 176 Å². The number of likely N-dealkylation sites (tertiary alicyclic amines) is 1. The molecule has 2 saturated heterocycles. The summed E-state index contributed by atoms with van der Waals surface area (Å²) in [6.07, 6.45) is 3.73. The number of hydrogen-bond acceptors (Lipinski definition) is 4. The summed E-state index contributed by atoms with van der Waals surface area (Å²) in [5, 5.41) is 0. The van der Waals surface area contributed by atoms with E-state index in [2.05, 4.69) is 57.7 Å². The number of carbonyl (C=O) groups excluding carboxylic acids is 1. The van der Waals surface area contributed by atoms with E-state index in [9.17, 15) is 4.79 Å². The van der Waals surface area contributed by atoms with Crippen molar-refractivity contribution in [2.75, 3.05) is 70.3 Å². The molecule has 0 aromatic heterocycles. The molecule has 3 aliphatic rings. The molecule has 0 saturated carbocycles. The molecule has 29 heavy (non-hydrogen) atoms. The van der Waals surface area contributed by atoms with Crippen LogP contribution in [-0.4, -0.2) is 86.1 Å². The Morgan fingerprint density at radius 3 is 2.38 bits per heavy atom. The lowest BCUT2D eigenvalue weighted by Gasteiger charge is -2.39. The largest absolute Gasteiger partial charge is 0.370 e. The number of rotatable bonds is 5. The van der Waals surface area contributed by atoms with Gasteiger partial charge in [0.25, 0.3) is 0 Å². The molecule has 3 aliphatic heterocycles. The molecule has 1 aromatic carbocycles. The molecule has 2 atom stereocenters. The molecule has 5 heteroatoms. The van der Waals surface area contributed by atoms with Gasteiger partial charge in [0.2, 0.25) is 5.91 Å². The van der Waals surface area contributed by atoms with Crippen molar-refractivity contribution in [3.63, 3.8) is 0 Å². The maximum atomic E-state index is 12.8. The molecule has 0 aliphatic carbocycles. The van der Waals surface area contributed by atoms with E-state index in [1.807, 2.05) is 0 Å². The van der Waals surface area contributed by atoms with E-state index in [0.717, 1.165) is 52.4 Å². The number of para-hydroxylation sites is 1. The molecular formula is C24H38N4O. The highest BCUT2D eigenvalue weighted by Gasteiger charge is 2.27. The van der Waals surface area contributed by atoms with E-state index in [-0.39, 0.29) is 0 Å². The molecule has 0 spiro atoms. The number of amides is 1. The first-order valence-electron chi connectivity index (χ1n) is 11.6.